The molecule has 100 valence electrons. The molecule has 6 heteroatoms. The van der Waals surface area contributed by atoms with E-state index in [2.05, 4.69) is 61.0 Å². The second-order valence-corrected chi connectivity index (χ2v) is 6.20. The van der Waals surface area contributed by atoms with Crippen molar-refractivity contribution in [2.45, 2.75) is 19.8 Å². The average Bonchev–Trinajstić information content (AvgIpc) is 2.32. The van der Waals surface area contributed by atoms with Gasteiger partial charge in [0.05, 0.1) is 5.69 Å². The van der Waals surface area contributed by atoms with Crippen molar-refractivity contribution < 1.29 is 0 Å². The Hall–Kier alpha value is -1.14. The van der Waals surface area contributed by atoms with E-state index in [4.69, 9.17) is 5.73 Å². The first-order valence-corrected chi connectivity index (χ1v) is 7.40. The van der Waals surface area contributed by atoms with Crippen LogP contribution in [0.3, 0.4) is 0 Å². The van der Waals surface area contributed by atoms with Gasteiger partial charge in [-0.25, -0.2) is 9.97 Å². The number of anilines is 3. The van der Waals surface area contributed by atoms with Crippen molar-refractivity contribution in [3.63, 3.8) is 0 Å². The van der Waals surface area contributed by atoms with Gasteiger partial charge in [0.15, 0.2) is 0 Å². The number of benzene rings is 1. The van der Waals surface area contributed by atoms with Crippen LogP contribution in [0.15, 0.2) is 33.5 Å². The van der Waals surface area contributed by atoms with Crippen LogP contribution in [0.25, 0.3) is 0 Å². The summed E-state index contributed by atoms with van der Waals surface area (Å²) < 4.78 is 1.96. The Morgan fingerprint density at radius 3 is 2.58 bits per heavy atom. The monoisotopic (exact) mass is 384 g/mol. The minimum Gasteiger partial charge on any atom is -0.383 e. The molecule has 2 rings (SSSR count). The van der Waals surface area contributed by atoms with Gasteiger partial charge in [-0.1, -0.05) is 29.8 Å². The van der Waals surface area contributed by atoms with Gasteiger partial charge in [0.2, 0.25) is 0 Å². The summed E-state index contributed by atoms with van der Waals surface area (Å²) in [5, 5.41) is 3.29. The summed E-state index contributed by atoms with van der Waals surface area (Å²) in [6, 6.07) is 5.91. The molecule has 2 aromatic rings. The molecular formula is C13H14Br2N4. The van der Waals surface area contributed by atoms with Crippen molar-refractivity contribution in [1.29, 1.82) is 0 Å². The highest BCUT2D eigenvalue weighted by Crippen LogP contribution is 2.32. The number of hydrogen-bond acceptors (Lipinski definition) is 4. The highest BCUT2D eigenvalue weighted by molar-refractivity contribution is 9.11. The first-order chi connectivity index (χ1) is 8.99. The Kier molecular flexibility index (Phi) is 4.42. The maximum absolute atomic E-state index is 5.93. The van der Waals surface area contributed by atoms with E-state index in [-0.39, 0.29) is 5.92 Å². The topological polar surface area (TPSA) is 63.8 Å². The number of rotatable bonds is 3. The summed E-state index contributed by atoms with van der Waals surface area (Å²) in [5.41, 5.74) is 7.79. The van der Waals surface area contributed by atoms with Gasteiger partial charge in [-0.3, -0.25) is 0 Å². The number of hydrogen-bond donors (Lipinski definition) is 2. The van der Waals surface area contributed by atoms with Crippen LogP contribution in [-0.2, 0) is 0 Å². The van der Waals surface area contributed by atoms with Crippen LogP contribution in [0, 0.1) is 0 Å². The molecular weight excluding hydrogens is 372 g/mol. The molecule has 0 bridgehead atoms. The molecule has 0 aliphatic rings. The van der Waals surface area contributed by atoms with Crippen LogP contribution in [0.1, 0.15) is 25.3 Å². The molecule has 0 saturated carbocycles. The number of nitrogen functional groups attached to an aromatic ring is 1. The predicted octanol–water partition coefficient (Wildman–Crippen LogP) is 4.45. The van der Waals surface area contributed by atoms with Gasteiger partial charge in [0, 0.05) is 14.5 Å². The predicted molar refractivity (Wildman–Crippen MR) is 85.7 cm³/mol. The molecule has 0 amide bonds. The number of nitrogens with zero attached hydrogens (tertiary/aromatic N) is 2. The number of nitrogens with one attached hydrogen (secondary N) is 1. The van der Waals surface area contributed by atoms with E-state index in [0.29, 0.717) is 5.82 Å². The molecule has 0 unspecified atom stereocenters. The maximum Gasteiger partial charge on any atom is 0.139 e. The summed E-state index contributed by atoms with van der Waals surface area (Å²) in [6.07, 6.45) is 1.47. The van der Waals surface area contributed by atoms with Crippen molar-refractivity contribution in [1.82, 2.24) is 9.97 Å². The molecule has 4 nitrogen and oxygen atoms in total. The van der Waals surface area contributed by atoms with E-state index < -0.39 is 0 Å². The van der Waals surface area contributed by atoms with Crippen molar-refractivity contribution in [3.05, 3.63) is 39.0 Å². The largest absolute Gasteiger partial charge is 0.383 e. The van der Waals surface area contributed by atoms with Crippen molar-refractivity contribution >= 4 is 49.2 Å². The fourth-order valence-corrected chi connectivity index (χ4v) is 2.94. The number of aromatic nitrogens is 2. The standard InChI is InChI=1S/C13H14Br2N4/c1-7(2)11-12(16)17-6-18-13(11)19-10-4-3-8(14)5-9(10)15/h3-7H,1-2H3,(H3,16,17,18,19). The zero-order valence-electron chi connectivity index (χ0n) is 10.6. The van der Waals surface area contributed by atoms with Crippen LogP contribution in [0.4, 0.5) is 17.3 Å². The fraction of sp³-hybridized carbons (Fsp3) is 0.231. The Balaban J connectivity index is 2.41. The minimum atomic E-state index is 0.248. The molecule has 0 atom stereocenters. The Morgan fingerprint density at radius 2 is 1.95 bits per heavy atom. The van der Waals surface area contributed by atoms with Crippen LogP contribution in [-0.4, -0.2) is 9.97 Å². The first kappa shape index (κ1) is 14.3. The third-order valence-electron chi connectivity index (χ3n) is 2.68. The molecule has 0 spiro atoms. The quantitative estimate of drug-likeness (QED) is 0.818. The minimum absolute atomic E-state index is 0.248. The molecule has 0 aliphatic carbocycles. The zero-order valence-corrected chi connectivity index (χ0v) is 13.8. The fourth-order valence-electron chi connectivity index (χ4n) is 1.80. The first-order valence-electron chi connectivity index (χ1n) is 5.81. The van der Waals surface area contributed by atoms with Crippen molar-refractivity contribution in [3.8, 4) is 0 Å². The number of halogens is 2. The molecule has 3 N–H and O–H groups in total. The van der Waals surface area contributed by atoms with Gasteiger partial charge in [0.1, 0.15) is 18.0 Å². The lowest BCUT2D eigenvalue weighted by atomic mass is 10.0. The summed E-state index contributed by atoms with van der Waals surface area (Å²) in [7, 11) is 0. The van der Waals surface area contributed by atoms with Gasteiger partial charge < -0.3 is 11.1 Å². The second-order valence-electron chi connectivity index (χ2n) is 4.43. The molecule has 0 radical (unpaired) electrons. The maximum atomic E-state index is 5.93. The summed E-state index contributed by atoms with van der Waals surface area (Å²) in [6.45, 7) is 4.13. The lowest BCUT2D eigenvalue weighted by Crippen LogP contribution is -2.06. The van der Waals surface area contributed by atoms with Gasteiger partial charge in [0.25, 0.3) is 0 Å². The SMILES string of the molecule is CC(C)c1c(N)ncnc1Nc1ccc(Br)cc1Br. The van der Waals surface area contributed by atoms with Crippen molar-refractivity contribution in [2.75, 3.05) is 11.1 Å². The van der Waals surface area contributed by atoms with Gasteiger partial charge >= 0.3 is 0 Å². The van der Waals surface area contributed by atoms with Crippen LogP contribution < -0.4 is 11.1 Å². The normalized spacial score (nSPS) is 10.8. The van der Waals surface area contributed by atoms with E-state index in [1.807, 2.05) is 18.2 Å². The molecule has 0 fully saturated rings. The Bertz CT molecular complexity index is 599. The molecule has 0 aliphatic heterocycles. The van der Waals surface area contributed by atoms with Crippen LogP contribution in [0.5, 0.6) is 0 Å². The third kappa shape index (κ3) is 3.25. The van der Waals surface area contributed by atoms with E-state index in [9.17, 15) is 0 Å². The smallest absolute Gasteiger partial charge is 0.139 e. The highest BCUT2D eigenvalue weighted by atomic mass is 79.9. The molecule has 1 heterocycles. The number of nitrogens with two attached hydrogens (primary N) is 1. The average molecular weight is 386 g/mol. The second kappa shape index (κ2) is 5.88. The van der Waals surface area contributed by atoms with Crippen LogP contribution >= 0.6 is 31.9 Å². The summed E-state index contributed by atoms with van der Waals surface area (Å²) in [4.78, 5) is 8.33. The van der Waals surface area contributed by atoms with E-state index in [1.165, 1.54) is 6.33 Å². The van der Waals surface area contributed by atoms with E-state index in [0.717, 1.165) is 26.0 Å². The molecule has 1 aromatic carbocycles. The summed E-state index contributed by atoms with van der Waals surface area (Å²) >= 11 is 6.95. The lowest BCUT2D eigenvalue weighted by Gasteiger charge is -2.15. The van der Waals surface area contributed by atoms with Crippen LogP contribution in [0.2, 0.25) is 0 Å². The van der Waals surface area contributed by atoms with Crippen molar-refractivity contribution in [2.24, 2.45) is 0 Å². The van der Waals surface area contributed by atoms with Gasteiger partial charge in [-0.15, -0.1) is 0 Å². The van der Waals surface area contributed by atoms with E-state index >= 15 is 0 Å². The van der Waals surface area contributed by atoms with Gasteiger partial charge in [-0.05, 0) is 40.0 Å². The highest BCUT2D eigenvalue weighted by Gasteiger charge is 2.13. The molecule has 1 aromatic heterocycles. The third-order valence-corrected chi connectivity index (χ3v) is 3.83. The van der Waals surface area contributed by atoms with E-state index in [1.54, 1.807) is 0 Å². The van der Waals surface area contributed by atoms with Gasteiger partial charge in [-0.2, -0.15) is 0 Å². The molecule has 0 saturated heterocycles. The zero-order chi connectivity index (χ0) is 14.0. The lowest BCUT2D eigenvalue weighted by molar-refractivity contribution is 0.855. The molecule has 19 heavy (non-hydrogen) atoms. The Labute approximate surface area is 129 Å². The Morgan fingerprint density at radius 1 is 1.21 bits per heavy atom. The summed E-state index contributed by atoms with van der Waals surface area (Å²) in [5.74, 6) is 1.50.